The van der Waals surface area contributed by atoms with Crippen molar-refractivity contribution in [3.8, 4) is 17.2 Å². The fraction of sp³-hybridized carbons (Fsp3) is 0.0625. The lowest BCUT2D eigenvalue weighted by Crippen LogP contribution is -2.20. The summed E-state index contributed by atoms with van der Waals surface area (Å²) >= 11 is 0. The molecule has 0 aliphatic rings. The van der Waals surface area contributed by atoms with E-state index in [1.807, 2.05) is 30.3 Å². The molecule has 0 aliphatic heterocycles. The molecule has 0 unspecified atom stereocenters. The predicted molar refractivity (Wildman–Crippen MR) is 80.3 cm³/mol. The molecule has 6 nitrogen and oxygen atoms in total. The van der Waals surface area contributed by atoms with Crippen molar-refractivity contribution >= 4 is 11.9 Å². The zero-order valence-corrected chi connectivity index (χ0v) is 11.9. The van der Waals surface area contributed by atoms with Crippen LogP contribution in [0.2, 0.25) is 0 Å². The van der Waals surface area contributed by atoms with E-state index in [9.17, 15) is 9.18 Å². The van der Waals surface area contributed by atoms with Crippen LogP contribution in [0.4, 0.5) is 10.3 Å². The Morgan fingerprint density at radius 3 is 2.61 bits per heavy atom. The molecule has 3 rings (SSSR count). The van der Waals surface area contributed by atoms with Crippen molar-refractivity contribution in [1.29, 1.82) is 0 Å². The average Bonchev–Trinajstić information content (AvgIpc) is 3.04. The summed E-state index contributed by atoms with van der Waals surface area (Å²) in [7, 11) is 0. The van der Waals surface area contributed by atoms with Crippen LogP contribution >= 0.6 is 0 Å². The molecule has 0 radical (unpaired) electrons. The lowest BCUT2D eigenvalue weighted by molar-refractivity contribution is -0.118. The van der Waals surface area contributed by atoms with Crippen molar-refractivity contribution in [2.75, 3.05) is 11.9 Å². The fourth-order valence-corrected chi connectivity index (χ4v) is 1.81. The van der Waals surface area contributed by atoms with Crippen LogP contribution in [-0.4, -0.2) is 22.7 Å². The maximum atomic E-state index is 12.8. The van der Waals surface area contributed by atoms with E-state index in [1.54, 1.807) is 0 Å². The van der Waals surface area contributed by atoms with Gasteiger partial charge >= 0.3 is 0 Å². The second-order valence-corrected chi connectivity index (χ2v) is 4.58. The number of ether oxygens (including phenoxy) is 1. The monoisotopic (exact) mass is 313 g/mol. The van der Waals surface area contributed by atoms with Gasteiger partial charge in [-0.1, -0.05) is 18.2 Å². The Morgan fingerprint density at radius 2 is 1.87 bits per heavy atom. The third-order valence-electron chi connectivity index (χ3n) is 2.88. The summed E-state index contributed by atoms with van der Waals surface area (Å²) in [4.78, 5) is 15.8. The van der Waals surface area contributed by atoms with E-state index in [0.29, 0.717) is 11.6 Å². The van der Waals surface area contributed by atoms with E-state index in [2.05, 4.69) is 15.5 Å². The number of halogens is 1. The number of rotatable bonds is 5. The maximum Gasteiger partial charge on any atom is 0.270 e. The number of amides is 1. The minimum atomic E-state index is -0.449. The Bertz CT molecular complexity index is 788. The largest absolute Gasteiger partial charge is 0.484 e. The molecule has 3 aromatic rings. The fourth-order valence-electron chi connectivity index (χ4n) is 1.81. The Balaban J connectivity index is 1.56. The molecule has 2 aromatic carbocycles. The molecule has 0 spiro atoms. The Morgan fingerprint density at radius 1 is 1.13 bits per heavy atom. The number of carbonyl (C=O) groups excluding carboxylic acids is 1. The molecule has 0 aliphatic carbocycles. The van der Waals surface area contributed by atoms with Crippen LogP contribution in [0.15, 0.2) is 59.1 Å². The molecule has 116 valence electrons. The van der Waals surface area contributed by atoms with Crippen molar-refractivity contribution in [3.63, 3.8) is 0 Å². The number of carbonyl (C=O) groups is 1. The summed E-state index contributed by atoms with van der Waals surface area (Å²) in [5.41, 5.74) is 0.753. The number of hydrogen-bond donors (Lipinski definition) is 1. The van der Waals surface area contributed by atoms with Gasteiger partial charge in [0.1, 0.15) is 11.6 Å². The highest BCUT2D eigenvalue weighted by Gasteiger charge is 2.11. The molecule has 0 saturated carbocycles. The Kier molecular flexibility index (Phi) is 4.28. The number of nitrogens with zero attached hydrogens (tertiary/aromatic N) is 2. The molecule has 1 N–H and O–H groups in total. The second kappa shape index (κ2) is 6.69. The highest BCUT2D eigenvalue weighted by atomic mass is 19.1. The van der Waals surface area contributed by atoms with Gasteiger partial charge in [-0.25, -0.2) is 4.39 Å². The van der Waals surface area contributed by atoms with Gasteiger partial charge in [-0.05, 0) is 41.6 Å². The third-order valence-corrected chi connectivity index (χ3v) is 2.88. The zero-order chi connectivity index (χ0) is 16.1. The van der Waals surface area contributed by atoms with Crippen molar-refractivity contribution in [2.45, 2.75) is 0 Å². The van der Waals surface area contributed by atoms with Crippen molar-refractivity contribution in [1.82, 2.24) is 10.1 Å². The first-order valence-corrected chi connectivity index (χ1v) is 6.78. The lowest BCUT2D eigenvalue weighted by Gasteiger charge is -2.04. The van der Waals surface area contributed by atoms with E-state index in [0.717, 1.165) is 5.56 Å². The first-order chi connectivity index (χ1) is 11.2. The molecule has 7 heteroatoms. The summed E-state index contributed by atoms with van der Waals surface area (Å²) in [6.45, 7) is -0.249. The van der Waals surface area contributed by atoms with Gasteiger partial charge in [0.2, 0.25) is 0 Å². The van der Waals surface area contributed by atoms with Gasteiger partial charge in [0.05, 0.1) is 0 Å². The first kappa shape index (κ1) is 14.7. The summed E-state index contributed by atoms with van der Waals surface area (Å²) < 4.78 is 23.0. The highest BCUT2D eigenvalue weighted by molar-refractivity contribution is 5.90. The highest BCUT2D eigenvalue weighted by Crippen LogP contribution is 2.17. The number of aromatic nitrogens is 2. The Labute approximate surface area is 130 Å². The molecule has 0 fully saturated rings. The molecule has 1 aromatic heterocycles. The van der Waals surface area contributed by atoms with Gasteiger partial charge in [-0.15, -0.1) is 0 Å². The van der Waals surface area contributed by atoms with Crippen LogP contribution in [0.3, 0.4) is 0 Å². The minimum Gasteiger partial charge on any atom is -0.484 e. The van der Waals surface area contributed by atoms with Crippen LogP contribution in [0.1, 0.15) is 0 Å². The summed E-state index contributed by atoms with van der Waals surface area (Å²) in [5, 5.41) is 6.14. The SMILES string of the molecule is O=C(COc1ccc(F)cc1)Nc1noc(-c2ccccc2)n1. The van der Waals surface area contributed by atoms with E-state index in [-0.39, 0.29) is 18.4 Å². The van der Waals surface area contributed by atoms with Crippen LogP contribution in [0.25, 0.3) is 11.5 Å². The lowest BCUT2D eigenvalue weighted by atomic mass is 10.2. The molecule has 0 bridgehead atoms. The topological polar surface area (TPSA) is 77.2 Å². The summed E-state index contributed by atoms with van der Waals surface area (Å²) in [5.74, 6) is -0.0756. The van der Waals surface area contributed by atoms with E-state index >= 15 is 0 Å². The molecular weight excluding hydrogens is 301 g/mol. The standard InChI is InChI=1S/C16H12FN3O3/c17-12-6-8-13(9-7-12)22-10-14(21)18-16-19-15(23-20-16)11-4-2-1-3-5-11/h1-9H,10H2,(H,18,20,21). The van der Waals surface area contributed by atoms with Crippen LogP contribution in [0.5, 0.6) is 5.75 Å². The van der Waals surface area contributed by atoms with Gasteiger partial charge in [-0.2, -0.15) is 4.98 Å². The molecule has 23 heavy (non-hydrogen) atoms. The molecule has 0 atom stereocenters. The molecular formula is C16H12FN3O3. The second-order valence-electron chi connectivity index (χ2n) is 4.58. The number of hydrogen-bond acceptors (Lipinski definition) is 5. The van der Waals surface area contributed by atoms with Crippen molar-refractivity contribution in [2.24, 2.45) is 0 Å². The Hall–Kier alpha value is -3.22. The normalized spacial score (nSPS) is 10.3. The molecule has 1 amide bonds. The zero-order valence-electron chi connectivity index (χ0n) is 11.9. The molecule has 0 saturated heterocycles. The summed E-state index contributed by atoms with van der Waals surface area (Å²) in [6.07, 6.45) is 0. The first-order valence-electron chi connectivity index (χ1n) is 6.78. The number of benzene rings is 2. The quantitative estimate of drug-likeness (QED) is 0.783. The number of anilines is 1. The van der Waals surface area contributed by atoms with Gasteiger partial charge in [-0.3, -0.25) is 10.1 Å². The van der Waals surface area contributed by atoms with Gasteiger partial charge in [0.25, 0.3) is 17.7 Å². The van der Waals surface area contributed by atoms with Gasteiger partial charge in [0, 0.05) is 5.56 Å². The van der Waals surface area contributed by atoms with E-state index < -0.39 is 5.91 Å². The van der Waals surface area contributed by atoms with E-state index in [1.165, 1.54) is 24.3 Å². The van der Waals surface area contributed by atoms with Crippen LogP contribution in [0, 0.1) is 5.82 Å². The van der Waals surface area contributed by atoms with E-state index in [4.69, 9.17) is 9.26 Å². The number of nitrogens with one attached hydrogen (secondary N) is 1. The van der Waals surface area contributed by atoms with Crippen molar-refractivity contribution < 1.29 is 18.4 Å². The average molecular weight is 313 g/mol. The smallest absolute Gasteiger partial charge is 0.270 e. The predicted octanol–water partition coefficient (Wildman–Crippen LogP) is 2.89. The van der Waals surface area contributed by atoms with Crippen LogP contribution < -0.4 is 10.1 Å². The van der Waals surface area contributed by atoms with Crippen molar-refractivity contribution in [3.05, 3.63) is 60.4 Å². The van der Waals surface area contributed by atoms with Crippen LogP contribution in [-0.2, 0) is 4.79 Å². The minimum absolute atomic E-state index is 0.0524. The molecule has 1 heterocycles. The van der Waals surface area contributed by atoms with Gasteiger partial charge in [0.15, 0.2) is 6.61 Å². The third kappa shape index (κ3) is 3.91. The maximum absolute atomic E-state index is 12.8. The summed E-state index contributed by atoms with van der Waals surface area (Å²) in [6, 6.07) is 14.6. The van der Waals surface area contributed by atoms with Gasteiger partial charge < -0.3 is 9.26 Å².